The molecule has 7 heteroatoms. The van der Waals surface area contributed by atoms with Crippen molar-refractivity contribution in [2.45, 2.75) is 6.92 Å². The van der Waals surface area contributed by atoms with Crippen molar-refractivity contribution in [2.75, 3.05) is 45.4 Å². The summed E-state index contributed by atoms with van der Waals surface area (Å²) in [5.74, 6) is -0.391. The normalized spacial score (nSPS) is 10.3. The molecular weight excluding hydrogens is 256 g/mol. The maximum Gasteiger partial charge on any atom is 0.357 e. The summed E-state index contributed by atoms with van der Waals surface area (Å²) in [4.78, 5) is 15.5. The Hall–Kier alpha value is -1.18. The van der Waals surface area contributed by atoms with Gasteiger partial charge in [-0.1, -0.05) is 0 Å². The first kappa shape index (κ1) is 14.9. The molecule has 0 radical (unpaired) electrons. The van der Waals surface area contributed by atoms with E-state index in [0.717, 1.165) is 0 Å². The van der Waals surface area contributed by atoms with Gasteiger partial charge in [0.15, 0.2) is 10.8 Å². The first-order valence-electron chi connectivity index (χ1n) is 5.71. The fraction of sp³-hybridized carbons (Fsp3) is 0.636. The minimum absolute atomic E-state index is 0.338. The highest BCUT2D eigenvalue weighted by Gasteiger charge is 2.10. The van der Waals surface area contributed by atoms with E-state index in [1.165, 1.54) is 11.3 Å². The Morgan fingerprint density at radius 1 is 1.44 bits per heavy atom. The van der Waals surface area contributed by atoms with Crippen LogP contribution in [0, 0.1) is 0 Å². The summed E-state index contributed by atoms with van der Waals surface area (Å²) in [7, 11) is 1.63. The highest BCUT2D eigenvalue weighted by atomic mass is 32.1. The van der Waals surface area contributed by atoms with E-state index in [0.29, 0.717) is 43.8 Å². The number of aromatic nitrogens is 1. The van der Waals surface area contributed by atoms with Crippen LogP contribution in [0.15, 0.2) is 5.38 Å². The monoisotopic (exact) mass is 274 g/mol. The van der Waals surface area contributed by atoms with E-state index in [4.69, 9.17) is 14.2 Å². The average molecular weight is 274 g/mol. The van der Waals surface area contributed by atoms with Crippen molar-refractivity contribution >= 4 is 22.4 Å². The van der Waals surface area contributed by atoms with Crippen molar-refractivity contribution in [3.8, 4) is 0 Å². The molecule has 0 aromatic carbocycles. The first-order valence-corrected chi connectivity index (χ1v) is 6.59. The maximum atomic E-state index is 11.4. The van der Waals surface area contributed by atoms with Crippen molar-refractivity contribution in [3.05, 3.63) is 11.1 Å². The van der Waals surface area contributed by atoms with Crippen molar-refractivity contribution in [3.63, 3.8) is 0 Å². The Bertz CT molecular complexity index is 357. The molecule has 6 nitrogen and oxygen atoms in total. The molecule has 0 atom stereocenters. The summed E-state index contributed by atoms with van der Waals surface area (Å²) >= 11 is 1.37. The Labute approximate surface area is 110 Å². The molecule has 102 valence electrons. The molecule has 0 bridgehead atoms. The third-order valence-electron chi connectivity index (χ3n) is 1.94. The summed E-state index contributed by atoms with van der Waals surface area (Å²) in [6.07, 6.45) is 0. The number of carbonyl (C=O) groups excluding carboxylic acids is 1. The SMILES string of the molecule is CCOC(=O)c1csc(NCCOCCOC)n1. The van der Waals surface area contributed by atoms with Crippen molar-refractivity contribution in [1.82, 2.24) is 4.98 Å². The number of anilines is 1. The minimum atomic E-state index is -0.391. The molecule has 0 spiro atoms. The highest BCUT2D eigenvalue weighted by Crippen LogP contribution is 2.15. The van der Waals surface area contributed by atoms with Gasteiger partial charge in [-0.2, -0.15) is 0 Å². The predicted molar refractivity (Wildman–Crippen MR) is 69.3 cm³/mol. The lowest BCUT2D eigenvalue weighted by molar-refractivity contribution is 0.0520. The number of nitrogens with zero attached hydrogens (tertiary/aromatic N) is 1. The maximum absolute atomic E-state index is 11.4. The van der Waals surface area contributed by atoms with E-state index in [9.17, 15) is 4.79 Å². The first-order chi connectivity index (χ1) is 8.77. The Balaban J connectivity index is 2.21. The van der Waals surface area contributed by atoms with Crippen molar-refractivity contribution in [2.24, 2.45) is 0 Å². The van der Waals surface area contributed by atoms with Gasteiger partial charge in [-0.05, 0) is 6.92 Å². The van der Waals surface area contributed by atoms with E-state index < -0.39 is 5.97 Å². The van der Waals surface area contributed by atoms with Crippen molar-refractivity contribution in [1.29, 1.82) is 0 Å². The van der Waals surface area contributed by atoms with Crippen molar-refractivity contribution < 1.29 is 19.0 Å². The Kier molecular flexibility index (Phi) is 7.31. The molecule has 0 saturated carbocycles. The summed E-state index contributed by atoms with van der Waals surface area (Å²) in [6, 6.07) is 0. The third kappa shape index (κ3) is 5.44. The van der Waals surface area contributed by atoms with Gasteiger partial charge in [-0.15, -0.1) is 11.3 Å². The summed E-state index contributed by atoms with van der Waals surface area (Å²) in [5.41, 5.74) is 0.338. The van der Waals surface area contributed by atoms with Crippen LogP contribution in [-0.4, -0.2) is 51.0 Å². The van der Waals surface area contributed by atoms with Crippen LogP contribution in [0.5, 0.6) is 0 Å². The number of nitrogens with one attached hydrogen (secondary N) is 1. The Morgan fingerprint density at radius 2 is 2.28 bits per heavy atom. The minimum Gasteiger partial charge on any atom is -0.461 e. The molecule has 1 N–H and O–H groups in total. The number of ether oxygens (including phenoxy) is 3. The van der Waals surface area contributed by atoms with Gasteiger partial charge in [0.1, 0.15) is 0 Å². The number of hydrogen-bond donors (Lipinski definition) is 1. The molecule has 0 saturated heterocycles. The predicted octanol–water partition coefficient (Wildman–Crippen LogP) is 1.39. The van der Waals surface area contributed by atoms with E-state index in [1.54, 1.807) is 19.4 Å². The summed E-state index contributed by atoms with van der Waals surface area (Å²) < 4.78 is 15.0. The van der Waals surface area contributed by atoms with Crippen LogP contribution in [0.3, 0.4) is 0 Å². The zero-order valence-corrected chi connectivity index (χ0v) is 11.4. The largest absolute Gasteiger partial charge is 0.461 e. The van der Waals surface area contributed by atoms with E-state index in [2.05, 4.69) is 10.3 Å². The number of carbonyl (C=O) groups is 1. The number of methoxy groups -OCH3 is 1. The molecule has 0 amide bonds. The van der Waals surface area contributed by atoms with Gasteiger partial charge < -0.3 is 19.5 Å². The van der Waals surface area contributed by atoms with Crippen LogP contribution in [0.4, 0.5) is 5.13 Å². The zero-order chi connectivity index (χ0) is 13.2. The summed E-state index contributed by atoms with van der Waals surface area (Å²) in [6.45, 7) is 4.48. The molecule has 0 aliphatic rings. The lowest BCUT2D eigenvalue weighted by Crippen LogP contribution is -2.12. The number of hydrogen-bond acceptors (Lipinski definition) is 7. The fourth-order valence-electron chi connectivity index (χ4n) is 1.13. The smallest absolute Gasteiger partial charge is 0.357 e. The standard InChI is InChI=1S/C11H18N2O4S/c1-3-17-10(14)9-8-18-11(13-9)12-4-5-16-7-6-15-2/h8H,3-7H2,1-2H3,(H,12,13). The third-order valence-corrected chi connectivity index (χ3v) is 2.74. The van der Waals surface area contributed by atoms with Crippen LogP contribution in [-0.2, 0) is 14.2 Å². The second-order valence-corrected chi connectivity index (χ2v) is 4.15. The number of rotatable bonds is 9. The van der Waals surface area contributed by atoms with Gasteiger partial charge in [0, 0.05) is 19.0 Å². The molecule has 0 aliphatic heterocycles. The van der Waals surface area contributed by atoms with E-state index in [-0.39, 0.29) is 0 Å². The number of esters is 1. The van der Waals surface area contributed by atoms with Crippen LogP contribution < -0.4 is 5.32 Å². The molecule has 0 unspecified atom stereocenters. The van der Waals surface area contributed by atoms with Gasteiger partial charge in [0.05, 0.1) is 26.4 Å². The fourth-order valence-corrected chi connectivity index (χ4v) is 1.84. The van der Waals surface area contributed by atoms with Crippen LogP contribution in [0.25, 0.3) is 0 Å². The van der Waals surface area contributed by atoms with Gasteiger partial charge in [0.25, 0.3) is 0 Å². The lowest BCUT2D eigenvalue weighted by Gasteiger charge is -2.04. The molecule has 1 aromatic rings. The molecule has 1 aromatic heterocycles. The Morgan fingerprint density at radius 3 is 3.00 bits per heavy atom. The van der Waals surface area contributed by atoms with E-state index in [1.807, 2.05) is 0 Å². The van der Waals surface area contributed by atoms with Crippen LogP contribution in [0.2, 0.25) is 0 Å². The van der Waals surface area contributed by atoms with Crippen LogP contribution >= 0.6 is 11.3 Å². The molecule has 0 fully saturated rings. The van der Waals surface area contributed by atoms with Gasteiger partial charge in [0.2, 0.25) is 0 Å². The molecular formula is C11H18N2O4S. The highest BCUT2D eigenvalue weighted by molar-refractivity contribution is 7.13. The zero-order valence-electron chi connectivity index (χ0n) is 10.6. The topological polar surface area (TPSA) is 69.7 Å². The van der Waals surface area contributed by atoms with Gasteiger partial charge in [-0.3, -0.25) is 0 Å². The number of thiazole rings is 1. The van der Waals surface area contributed by atoms with Gasteiger partial charge >= 0.3 is 5.97 Å². The molecule has 0 aliphatic carbocycles. The summed E-state index contributed by atoms with van der Waals surface area (Å²) in [5, 5.41) is 5.43. The van der Waals surface area contributed by atoms with Gasteiger partial charge in [-0.25, -0.2) is 9.78 Å². The van der Waals surface area contributed by atoms with E-state index >= 15 is 0 Å². The average Bonchev–Trinajstić information content (AvgIpc) is 2.83. The lowest BCUT2D eigenvalue weighted by atomic mass is 10.5. The second-order valence-electron chi connectivity index (χ2n) is 3.29. The molecule has 1 heterocycles. The van der Waals surface area contributed by atoms with Crippen LogP contribution in [0.1, 0.15) is 17.4 Å². The molecule has 18 heavy (non-hydrogen) atoms. The second kappa shape index (κ2) is 8.84. The quantitative estimate of drug-likeness (QED) is 0.542. The molecule has 1 rings (SSSR count).